The average molecular weight is 685 g/mol. The van der Waals surface area contributed by atoms with E-state index in [0.29, 0.717) is 16.4 Å². The van der Waals surface area contributed by atoms with Gasteiger partial charge in [-0.3, -0.25) is 14.4 Å². The molecule has 0 saturated carbocycles. The van der Waals surface area contributed by atoms with Gasteiger partial charge in [0, 0.05) is 27.1 Å². The Kier molecular flexibility index (Phi) is 10.5. The molecule has 0 aliphatic heterocycles. The lowest BCUT2D eigenvalue weighted by Crippen LogP contribution is -2.30. The lowest BCUT2D eigenvalue weighted by molar-refractivity contribution is -0.115. The maximum atomic E-state index is 13.7. The van der Waals surface area contributed by atoms with Gasteiger partial charge in [0.1, 0.15) is 11.4 Å². The highest BCUT2D eigenvalue weighted by atomic mass is 32.2. The van der Waals surface area contributed by atoms with Crippen LogP contribution in [-0.2, 0) is 9.59 Å². The number of hydrogen-bond donors (Lipinski definition) is 3. The standard InChI is InChI=1S/C39H32N4O4S2/c1-25(36(44)43-39-42-35(24-48-39)27-18-20-31(47-2)21-19-27)49-32-16-9-15-30(23-32)40-38(46)34(41-37(45)28-11-4-3-5-12-28)22-29-14-8-13-26-10-6-7-17-33(26)29/h3-25H,1-2H3,(H,40,46)(H,41,45)(H,42,43,44)/b34-22+. The maximum absolute atomic E-state index is 13.7. The first kappa shape index (κ1) is 33.2. The van der Waals surface area contributed by atoms with Gasteiger partial charge in [0.15, 0.2) is 5.13 Å². The molecule has 0 bridgehead atoms. The molecule has 0 spiro atoms. The number of carbonyl (C=O) groups excluding carboxylic acids is 3. The van der Waals surface area contributed by atoms with Crippen LogP contribution < -0.4 is 20.7 Å². The minimum absolute atomic E-state index is 0.0912. The second-order valence-corrected chi connectivity index (χ2v) is 13.2. The van der Waals surface area contributed by atoms with Crippen molar-refractivity contribution in [1.29, 1.82) is 0 Å². The lowest BCUT2D eigenvalue weighted by Gasteiger charge is -2.14. The molecule has 5 aromatic carbocycles. The zero-order chi connectivity index (χ0) is 34.2. The van der Waals surface area contributed by atoms with E-state index in [2.05, 4.69) is 20.9 Å². The molecule has 1 heterocycles. The number of anilines is 2. The zero-order valence-corrected chi connectivity index (χ0v) is 28.3. The number of rotatable bonds is 11. The van der Waals surface area contributed by atoms with Crippen LogP contribution in [0.5, 0.6) is 5.75 Å². The molecule has 6 aromatic rings. The summed E-state index contributed by atoms with van der Waals surface area (Å²) in [4.78, 5) is 45.3. The van der Waals surface area contributed by atoms with Crippen molar-refractivity contribution >= 4 is 68.5 Å². The number of ether oxygens (including phenoxy) is 1. The topological polar surface area (TPSA) is 109 Å². The molecule has 0 saturated heterocycles. The van der Waals surface area contributed by atoms with Crippen molar-refractivity contribution in [1.82, 2.24) is 10.3 Å². The van der Waals surface area contributed by atoms with E-state index in [1.54, 1.807) is 55.7 Å². The van der Waals surface area contributed by atoms with Crippen LogP contribution in [0.3, 0.4) is 0 Å². The van der Waals surface area contributed by atoms with Gasteiger partial charge in [0.2, 0.25) is 5.91 Å². The molecule has 1 atom stereocenters. The minimum Gasteiger partial charge on any atom is -0.497 e. The second-order valence-electron chi connectivity index (χ2n) is 10.9. The minimum atomic E-state index is -0.485. The van der Waals surface area contributed by atoms with Crippen LogP contribution in [0, 0.1) is 0 Å². The second kappa shape index (κ2) is 15.5. The molecule has 0 fully saturated rings. The van der Waals surface area contributed by atoms with Gasteiger partial charge < -0.3 is 20.7 Å². The largest absolute Gasteiger partial charge is 0.497 e. The van der Waals surface area contributed by atoms with E-state index in [1.807, 2.05) is 91.2 Å². The summed E-state index contributed by atoms with van der Waals surface area (Å²) in [6.07, 6.45) is 1.68. The van der Waals surface area contributed by atoms with E-state index >= 15 is 0 Å². The summed E-state index contributed by atoms with van der Waals surface area (Å²) in [7, 11) is 1.62. The maximum Gasteiger partial charge on any atom is 0.272 e. The van der Waals surface area contributed by atoms with E-state index in [9.17, 15) is 14.4 Å². The fraction of sp³-hybridized carbons (Fsp3) is 0.0769. The molecule has 0 radical (unpaired) electrons. The molecule has 0 aliphatic carbocycles. The smallest absolute Gasteiger partial charge is 0.272 e. The first-order valence-corrected chi connectivity index (χ1v) is 17.2. The first-order valence-electron chi connectivity index (χ1n) is 15.4. The van der Waals surface area contributed by atoms with E-state index in [1.165, 1.54) is 23.1 Å². The fourth-order valence-electron chi connectivity index (χ4n) is 5.01. The Hall–Kier alpha value is -5.71. The molecule has 3 amide bonds. The predicted octanol–water partition coefficient (Wildman–Crippen LogP) is 8.50. The summed E-state index contributed by atoms with van der Waals surface area (Å²) < 4.78 is 5.22. The van der Waals surface area contributed by atoms with E-state index in [4.69, 9.17) is 4.74 Å². The third-order valence-corrected chi connectivity index (χ3v) is 9.40. The number of amides is 3. The highest BCUT2D eigenvalue weighted by Crippen LogP contribution is 2.30. The Bertz CT molecular complexity index is 2140. The number of thioether (sulfide) groups is 1. The Labute approximate surface area is 292 Å². The Morgan fingerprint density at radius 2 is 1.57 bits per heavy atom. The molecular weight excluding hydrogens is 653 g/mol. The van der Waals surface area contributed by atoms with Crippen molar-refractivity contribution in [2.75, 3.05) is 17.7 Å². The van der Waals surface area contributed by atoms with Gasteiger partial charge in [-0.25, -0.2) is 4.98 Å². The van der Waals surface area contributed by atoms with Crippen molar-refractivity contribution < 1.29 is 19.1 Å². The zero-order valence-electron chi connectivity index (χ0n) is 26.7. The molecule has 1 aromatic heterocycles. The van der Waals surface area contributed by atoms with Crippen LogP contribution in [0.2, 0.25) is 0 Å². The number of methoxy groups -OCH3 is 1. The van der Waals surface area contributed by atoms with E-state index < -0.39 is 17.1 Å². The third kappa shape index (κ3) is 8.42. The number of thiazole rings is 1. The molecule has 3 N–H and O–H groups in total. The van der Waals surface area contributed by atoms with Crippen LogP contribution in [0.15, 0.2) is 137 Å². The Morgan fingerprint density at radius 1 is 0.837 bits per heavy atom. The van der Waals surface area contributed by atoms with Gasteiger partial charge in [0.05, 0.1) is 18.1 Å². The fourth-order valence-corrected chi connectivity index (χ4v) is 6.66. The molecule has 49 heavy (non-hydrogen) atoms. The molecule has 8 nitrogen and oxygen atoms in total. The van der Waals surface area contributed by atoms with Crippen LogP contribution in [0.25, 0.3) is 28.1 Å². The van der Waals surface area contributed by atoms with Gasteiger partial charge in [-0.2, -0.15) is 0 Å². The SMILES string of the molecule is COc1ccc(-c2csc(NC(=O)C(C)Sc3cccc(NC(=O)/C(=C\c4cccc5ccccc45)NC(=O)c4ccccc4)c3)n2)cc1. The molecule has 1 unspecified atom stereocenters. The number of hydrogen-bond acceptors (Lipinski definition) is 7. The molecule has 0 aliphatic rings. The monoisotopic (exact) mass is 684 g/mol. The van der Waals surface area contributed by atoms with Crippen molar-refractivity contribution in [2.24, 2.45) is 0 Å². The number of carbonyl (C=O) groups is 3. The predicted molar refractivity (Wildman–Crippen MR) is 199 cm³/mol. The summed E-state index contributed by atoms with van der Waals surface area (Å²) in [5, 5.41) is 12.6. The van der Waals surface area contributed by atoms with Crippen LogP contribution in [0.1, 0.15) is 22.8 Å². The summed E-state index contributed by atoms with van der Waals surface area (Å²) in [6, 6.07) is 37.2. The average Bonchev–Trinajstić information content (AvgIpc) is 3.60. The number of nitrogens with zero attached hydrogens (tertiary/aromatic N) is 1. The molecule has 244 valence electrons. The number of aromatic nitrogens is 1. The van der Waals surface area contributed by atoms with E-state index in [-0.39, 0.29) is 11.6 Å². The number of benzene rings is 5. The summed E-state index contributed by atoms with van der Waals surface area (Å²) in [5.74, 6) is -0.321. The summed E-state index contributed by atoms with van der Waals surface area (Å²) in [5.41, 5.74) is 3.52. The van der Waals surface area contributed by atoms with Crippen molar-refractivity contribution in [3.63, 3.8) is 0 Å². The summed E-state index contributed by atoms with van der Waals surface area (Å²) in [6.45, 7) is 1.81. The normalized spacial score (nSPS) is 11.8. The van der Waals surface area contributed by atoms with Crippen LogP contribution in [0.4, 0.5) is 10.8 Å². The highest BCUT2D eigenvalue weighted by molar-refractivity contribution is 8.00. The van der Waals surface area contributed by atoms with Gasteiger partial charge in [-0.05, 0) is 83.9 Å². The van der Waals surface area contributed by atoms with Crippen LogP contribution in [-0.4, -0.2) is 35.1 Å². The van der Waals surface area contributed by atoms with Crippen molar-refractivity contribution in [3.8, 4) is 17.0 Å². The molecule has 10 heteroatoms. The van der Waals surface area contributed by atoms with Gasteiger partial charge >= 0.3 is 0 Å². The molecule has 6 rings (SSSR count). The van der Waals surface area contributed by atoms with Gasteiger partial charge in [-0.1, -0.05) is 66.7 Å². The lowest BCUT2D eigenvalue weighted by atomic mass is 10.0. The molecular formula is C39H32N4O4S2. The number of nitrogens with one attached hydrogen (secondary N) is 3. The van der Waals surface area contributed by atoms with Crippen LogP contribution >= 0.6 is 23.1 Å². The highest BCUT2D eigenvalue weighted by Gasteiger charge is 2.19. The summed E-state index contributed by atoms with van der Waals surface area (Å²) >= 11 is 2.71. The Balaban J connectivity index is 1.15. The third-order valence-electron chi connectivity index (χ3n) is 7.55. The quantitative estimate of drug-likeness (QED) is 0.0933. The van der Waals surface area contributed by atoms with Gasteiger partial charge in [-0.15, -0.1) is 23.1 Å². The van der Waals surface area contributed by atoms with Crippen molar-refractivity contribution in [3.05, 3.63) is 144 Å². The van der Waals surface area contributed by atoms with Crippen molar-refractivity contribution in [2.45, 2.75) is 17.1 Å². The van der Waals surface area contributed by atoms with Gasteiger partial charge in [0.25, 0.3) is 11.8 Å². The number of fused-ring (bicyclic) bond motifs is 1. The first-order chi connectivity index (χ1) is 23.9. The Morgan fingerprint density at radius 3 is 2.37 bits per heavy atom. The van der Waals surface area contributed by atoms with E-state index in [0.717, 1.165) is 38.2 Å².